The summed E-state index contributed by atoms with van der Waals surface area (Å²) in [5.74, 6) is -1.98. The minimum atomic E-state index is -0.724. The van der Waals surface area contributed by atoms with E-state index in [1.807, 2.05) is 0 Å². The molecule has 0 saturated heterocycles. The van der Waals surface area contributed by atoms with Gasteiger partial charge in [-0.1, -0.05) is 0 Å². The van der Waals surface area contributed by atoms with Crippen LogP contribution in [0.4, 0.5) is 8.78 Å². The molecule has 0 atom stereocenters. The predicted octanol–water partition coefficient (Wildman–Crippen LogP) is 3.22. The first-order valence-corrected chi connectivity index (χ1v) is 6.25. The first-order chi connectivity index (χ1) is 9.96. The van der Waals surface area contributed by atoms with Crippen LogP contribution in [0.5, 0.6) is 0 Å². The summed E-state index contributed by atoms with van der Waals surface area (Å²) >= 11 is 0. The molecule has 21 heavy (non-hydrogen) atoms. The van der Waals surface area contributed by atoms with Gasteiger partial charge in [-0.3, -0.25) is 0 Å². The Morgan fingerprint density at radius 1 is 1.19 bits per heavy atom. The molecule has 2 rings (SSSR count). The maximum atomic E-state index is 14.0. The molecule has 1 N–H and O–H groups in total. The van der Waals surface area contributed by atoms with Gasteiger partial charge in [-0.15, -0.1) is 0 Å². The molecule has 5 heteroatoms. The number of methoxy groups -OCH3 is 1. The van der Waals surface area contributed by atoms with Crippen LogP contribution in [-0.4, -0.2) is 18.2 Å². The molecule has 0 spiro atoms. The quantitative estimate of drug-likeness (QED) is 0.884. The molecule has 0 bridgehead atoms. The van der Waals surface area contributed by atoms with Crippen molar-refractivity contribution >= 4 is 5.97 Å². The third-order valence-electron chi connectivity index (χ3n) is 3.14. The Hall–Kier alpha value is -2.27. The molecular formula is C16H14F2O3. The molecule has 0 amide bonds. The standard InChI is InChI=1S/C16H14F2O3/c1-9-3-13(17)7-14(18)15(9)11-4-10(8-19)5-12(6-11)16(20)21-2/h3-7,19H,8H2,1-2H3. The van der Waals surface area contributed by atoms with E-state index in [-0.39, 0.29) is 17.7 Å². The fourth-order valence-electron chi connectivity index (χ4n) is 2.23. The summed E-state index contributed by atoms with van der Waals surface area (Å²) in [4.78, 5) is 11.6. The fraction of sp³-hybridized carbons (Fsp3) is 0.188. The normalized spacial score (nSPS) is 10.5. The van der Waals surface area contributed by atoms with Crippen LogP contribution in [0.3, 0.4) is 0 Å². The molecule has 2 aromatic carbocycles. The average Bonchev–Trinajstić information content (AvgIpc) is 2.44. The van der Waals surface area contributed by atoms with Crippen LogP contribution in [0.1, 0.15) is 21.5 Å². The van der Waals surface area contributed by atoms with Crippen molar-refractivity contribution in [3.63, 3.8) is 0 Å². The summed E-state index contributed by atoms with van der Waals surface area (Å²) in [6, 6.07) is 6.46. The maximum Gasteiger partial charge on any atom is 0.337 e. The van der Waals surface area contributed by atoms with Crippen molar-refractivity contribution < 1.29 is 23.4 Å². The molecule has 0 aromatic heterocycles. The molecular weight excluding hydrogens is 278 g/mol. The largest absolute Gasteiger partial charge is 0.465 e. The van der Waals surface area contributed by atoms with Crippen LogP contribution in [0.25, 0.3) is 11.1 Å². The van der Waals surface area contributed by atoms with E-state index in [0.717, 1.165) is 6.07 Å². The highest BCUT2D eigenvalue weighted by Gasteiger charge is 2.15. The topological polar surface area (TPSA) is 46.5 Å². The van der Waals surface area contributed by atoms with Gasteiger partial charge in [0.1, 0.15) is 11.6 Å². The average molecular weight is 292 g/mol. The highest BCUT2D eigenvalue weighted by atomic mass is 19.1. The number of hydrogen-bond donors (Lipinski definition) is 1. The molecule has 0 fully saturated rings. The van der Waals surface area contributed by atoms with E-state index in [2.05, 4.69) is 4.74 Å². The predicted molar refractivity (Wildman–Crippen MR) is 73.8 cm³/mol. The second-order valence-corrected chi connectivity index (χ2v) is 4.65. The van der Waals surface area contributed by atoms with E-state index in [1.165, 1.54) is 25.3 Å². The fourth-order valence-corrected chi connectivity index (χ4v) is 2.23. The summed E-state index contributed by atoms with van der Waals surface area (Å²) in [6.07, 6.45) is 0. The van der Waals surface area contributed by atoms with Crippen LogP contribution >= 0.6 is 0 Å². The number of esters is 1. The Balaban J connectivity index is 2.66. The number of ether oxygens (including phenoxy) is 1. The number of halogens is 2. The van der Waals surface area contributed by atoms with Gasteiger partial charge in [0.15, 0.2) is 0 Å². The van der Waals surface area contributed by atoms with Gasteiger partial charge in [-0.2, -0.15) is 0 Å². The van der Waals surface area contributed by atoms with Gasteiger partial charge in [-0.05, 0) is 47.9 Å². The number of benzene rings is 2. The number of aliphatic hydroxyl groups is 1. The number of rotatable bonds is 3. The Kier molecular flexibility index (Phi) is 4.33. The van der Waals surface area contributed by atoms with E-state index >= 15 is 0 Å². The van der Waals surface area contributed by atoms with Crippen molar-refractivity contribution in [2.75, 3.05) is 7.11 Å². The molecule has 0 aliphatic rings. The lowest BCUT2D eigenvalue weighted by Crippen LogP contribution is -2.03. The zero-order valence-corrected chi connectivity index (χ0v) is 11.6. The van der Waals surface area contributed by atoms with Crippen LogP contribution in [0.2, 0.25) is 0 Å². The lowest BCUT2D eigenvalue weighted by molar-refractivity contribution is 0.0600. The highest BCUT2D eigenvalue weighted by molar-refractivity contribution is 5.91. The summed E-state index contributed by atoms with van der Waals surface area (Å²) in [5.41, 5.74) is 1.62. The first-order valence-electron chi connectivity index (χ1n) is 6.25. The SMILES string of the molecule is COC(=O)c1cc(CO)cc(-c2c(C)cc(F)cc2F)c1. The maximum absolute atomic E-state index is 14.0. The van der Waals surface area contributed by atoms with E-state index in [4.69, 9.17) is 0 Å². The molecule has 0 unspecified atom stereocenters. The number of hydrogen-bond acceptors (Lipinski definition) is 3. The summed E-state index contributed by atoms with van der Waals surface area (Å²) in [5, 5.41) is 9.26. The number of carbonyl (C=O) groups excluding carboxylic acids is 1. The van der Waals surface area contributed by atoms with Crippen LogP contribution in [0.15, 0.2) is 30.3 Å². The zero-order valence-electron chi connectivity index (χ0n) is 11.6. The van der Waals surface area contributed by atoms with Crippen molar-refractivity contribution in [2.24, 2.45) is 0 Å². The van der Waals surface area contributed by atoms with Crippen molar-refractivity contribution in [3.05, 3.63) is 58.7 Å². The zero-order chi connectivity index (χ0) is 15.6. The van der Waals surface area contributed by atoms with Crippen molar-refractivity contribution in [3.8, 4) is 11.1 Å². The third kappa shape index (κ3) is 3.08. The van der Waals surface area contributed by atoms with E-state index in [1.54, 1.807) is 13.0 Å². The van der Waals surface area contributed by atoms with Crippen LogP contribution in [-0.2, 0) is 11.3 Å². The lowest BCUT2D eigenvalue weighted by atomic mass is 9.96. The van der Waals surface area contributed by atoms with Gasteiger partial charge in [0.25, 0.3) is 0 Å². The summed E-state index contributed by atoms with van der Waals surface area (Å²) in [7, 11) is 1.23. The molecule has 0 radical (unpaired) electrons. The van der Waals surface area contributed by atoms with Crippen molar-refractivity contribution in [2.45, 2.75) is 13.5 Å². The summed E-state index contributed by atoms with van der Waals surface area (Å²) < 4.78 is 31.8. The van der Waals surface area contributed by atoms with Gasteiger partial charge in [0, 0.05) is 11.6 Å². The Labute approximate surface area is 120 Å². The molecule has 0 aliphatic heterocycles. The molecule has 0 aliphatic carbocycles. The van der Waals surface area contributed by atoms with E-state index in [9.17, 15) is 18.7 Å². The lowest BCUT2D eigenvalue weighted by Gasteiger charge is -2.11. The van der Waals surface area contributed by atoms with E-state index in [0.29, 0.717) is 16.7 Å². The van der Waals surface area contributed by atoms with E-state index < -0.39 is 17.6 Å². The first kappa shape index (κ1) is 15.1. The van der Waals surface area contributed by atoms with Gasteiger partial charge in [0.2, 0.25) is 0 Å². The van der Waals surface area contributed by atoms with Gasteiger partial charge >= 0.3 is 5.97 Å². The van der Waals surface area contributed by atoms with Crippen molar-refractivity contribution in [1.82, 2.24) is 0 Å². The highest BCUT2D eigenvalue weighted by Crippen LogP contribution is 2.29. The molecule has 0 heterocycles. The molecule has 3 nitrogen and oxygen atoms in total. The smallest absolute Gasteiger partial charge is 0.337 e. The third-order valence-corrected chi connectivity index (χ3v) is 3.14. The Morgan fingerprint density at radius 3 is 2.48 bits per heavy atom. The molecule has 110 valence electrons. The van der Waals surface area contributed by atoms with Crippen LogP contribution in [0, 0.1) is 18.6 Å². The van der Waals surface area contributed by atoms with Crippen molar-refractivity contribution in [1.29, 1.82) is 0 Å². The second-order valence-electron chi connectivity index (χ2n) is 4.65. The monoisotopic (exact) mass is 292 g/mol. The number of carbonyl (C=O) groups is 1. The Bertz CT molecular complexity index is 673. The van der Waals surface area contributed by atoms with Gasteiger partial charge in [-0.25, -0.2) is 13.6 Å². The number of aryl methyl sites for hydroxylation is 1. The molecule has 0 saturated carbocycles. The van der Waals surface area contributed by atoms with Crippen LogP contribution < -0.4 is 0 Å². The van der Waals surface area contributed by atoms with Gasteiger partial charge < -0.3 is 9.84 Å². The molecule has 2 aromatic rings. The summed E-state index contributed by atoms with van der Waals surface area (Å²) in [6.45, 7) is 1.27. The minimum Gasteiger partial charge on any atom is -0.465 e. The Morgan fingerprint density at radius 2 is 1.90 bits per heavy atom. The number of aliphatic hydroxyl groups excluding tert-OH is 1. The van der Waals surface area contributed by atoms with Gasteiger partial charge in [0.05, 0.1) is 19.3 Å². The minimum absolute atomic E-state index is 0.192. The second kappa shape index (κ2) is 6.01.